The van der Waals surface area contributed by atoms with Gasteiger partial charge in [0.25, 0.3) is 0 Å². The SMILES string of the molecule is CC(C)(C)OC(=O)N1CCC(C(N)c2ccccc2F)CC1. The van der Waals surface area contributed by atoms with Crippen molar-refractivity contribution in [2.75, 3.05) is 13.1 Å². The molecule has 122 valence electrons. The predicted octanol–water partition coefficient (Wildman–Crippen LogP) is 3.47. The number of nitrogens with zero attached hydrogens (tertiary/aromatic N) is 1. The number of hydrogen-bond donors (Lipinski definition) is 1. The quantitative estimate of drug-likeness (QED) is 0.910. The number of rotatable bonds is 2. The van der Waals surface area contributed by atoms with Gasteiger partial charge in [0.15, 0.2) is 0 Å². The molecule has 5 heteroatoms. The van der Waals surface area contributed by atoms with E-state index in [4.69, 9.17) is 10.5 Å². The first-order valence-electron chi connectivity index (χ1n) is 7.76. The van der Waals surface area contributed by atoms with Crippen molar-refractivity contribution in [3.8, 4) is 0 Å². The molecule has 1 aromatic carbocycles. The molecule has 2 N–H and O–H groups in total. The molecule has 1 fully saturated rings. The Morgan fingerprint density at radius 3 is 2.45 bits per heavy atom. The fourth-order valence-corrected chi connectivity index (χ4v) is 2.77. The highest BCUT2D eigenvalue weighted by Gasteiger charge is 2.30. The second-order valence-corrected chi connectivity index (χ2v) is 6.85. The molecule has 0 spiro atoms. The lowest BCUT2D eigenvalue weighted by atomic mass is 9.86. The van der Waals surface area contributed by atoms with E-state index in [9.17, 15) is 9.18 Å². The van der Waals surface area contributed by atoms with Crippen molar-refractivity contribution in [1.82, 2.24) is 4.90 Å². The van der Waals surface area contributed by atoms with Crippen LogP contribution in [0, 0.1) is 11.7 Å². The van der Waals surface area contributed by atoms with Crippen LogP contribution >= 0.6 is 0 Å². The highest BCUT2D eigenvalue weighted by molar-refractivity contribution is 5.68. The summed E-state index contributed by atoms with van der Waals surface area (Å²) >= 11 is 0. The third-order valence-electron chi connectivity index (χ3n) is 3.96. The van der Waals surface area contributed by atoms with Gasteiger partial charge in [-0.05, 0) is 45.6 Å². The molecule has 0 radical (unpaired) electrons. The molecule has 0 bridgehead atoms. The number of hydrogen-bond acceptors (Lipinski definition) is 3. The molecular weight excluding hydrogens is 283 g/mol. The van der Waals surface area contributed by atoms with Crippen LogP contribution in [-0.4, -0.2) is 29.7 Å². The van der Waals surface area contributed by atoms with Gasteiger partial charge in [0.05, 0.1) is 0 Å². The van der Waals surface area contributed by atoms with Gasteiger partial charge in [-0.3, -0.25) is 0 Å². The topological polar surface area (TPSA) is 55.6 Å². The van der Waals surface area contributed by atoms with E-state index in [-0.39, 0.29) is 23.9 Å². The zero-order valence-electron chi connectivity index (χ0n) is 13.5. The molecule has 1 amide bonds. The van der Waals surface area contributed by atoms with E-state index in [1.54, 1.807) is 23.1 Å². The Bertz CT molecular complexity index is 520. The monoisotopic (exact) mass is 308 g/mol. The number of piperidine rings is 1. The van der Waals surface area contributed by atoms with Gasteiger partial charge >= 0.3 is 6.09 Å². The Kier molecular flexibility index (Phi) is 5.06. The Balaban J connectivity index is 1.92. The molecule has 1 aliphatic heterocycles. The number of likely N-dealkylation sites (tertiary alicyclic amines) is 1. The Labute approximate surface area is 131 Å². The lowest BCUT2D eigenvalue weighted by Gasteiger charge is -2.35. The zero-order chi connectivity index (χ0) is 16.3. The molecule has 2 rings (SSSR count). The van der Waals surface area contributed by atoms with Crippen molar-refractivity contribution >= 4 is 6.09 Å². The van der Waals surface area contributed by atoms with Crippen molar-refractivity contribution in [3.05, 3.63) is 35.6 Å². The minimum Gasteiger partial charge on any atom is -0.444 e. The van der Waals surface area contributed by atoms with Crippen LogP contribution in [0.1, 0.15) is 45.2 Å². The fraction of sp³-hybridized carbons (Fsp3) is 0.588. The molecule has 1 saturated heterocycles. The smallest absolute Gasteiger partial charge is 0.410 e. The standard InChI is InChI=1S/C17H25FN2O2/c1-17(2,3)22-16(21)20-10-8-12(9-11-20)15(19)13-6-4-5-7-14(13)18/h4-7,12,15H,8-11,19H2,1-3H3. The summed E-state index contributed by atoms with van der Waals surface area (Å²) in [5.74, 6) is -0.0832. The van der Waals surface area contributed by atoms with Gasteiger partial charge in [0, 0.05) is 24.7 Å². The first kappa shape index (κ1) is 16.7. The summed E-state index contributed by atoms with van der Waals surface area (Å²) in [5.41, 5.74) is 6.28. The second kappa shape index (κ2) is 6.65. The Hall–Kier alpha value is -1.62. The third kappa shape index (κ3) is 4.19. The van der Waals surface area contributed by atoms with Crippen LogP contribution in [0.25, 0.3) is 0 Å². The largest absolute Gasteiger partial charge is 0.444 e. The molecule has 0 saturated carbocycles. The van der Waals surface area contributed by atoms with Crippen LogP contribution in [0.4, 0.5) is 9.18 Å². The van der Waals surface area contributed by atoms with E-state index in [1.165, 1.54) is 6.07 Å². The van der Waals surface area contributed by atoms with Gasteiger partial charge in [0.1, 0.15) is 11.4 Å². The molecule has 1 atom stereocenters. The minimum absolute atomic E-state index is 0.176. The summed E-state index contributed by atoms with van der Waals surface area (Å²) in [6.07, 6.45) is 1.23. The summed E-state index contributed by atoms with van der Waals surface area (Å²) in [6, 6.07) is 6.30. The predicted molar refractivity (Wildman–Crippen MR) is 83.9 cm³/mol. The first-order chi connectivity index (χ1) is 10.3. The van der Waals surface area contributed by atoms with Crippen LogP contribution in [0.5, 0.6) is 0 Å². The molecule has 0 aliphatic carbocycles. The van der Waals surface area contributed by atoms with Gasteiger partial charge in [-0.15, -0.1) is 0 Å². The van der Waals surface area contributed by atoms with Crippen molar-refractivity contribution in [1.29, 1.82) is 0 Å². The van der Waals surface area contributed by atoms with Crippen LogP contribution in [0.3, 0.4) is 0 Å². The van der Waals surface area contributed by atoms with Gasteiger partial charge in [-0.1, -0.05) is 18.2 Å². The molecule has 1 aliphatic rings. The maximum atomic E-state index is 13.8. The maximum Gasteiger partial charge on any atom is 0.410 e. The molecule has 4 nitrogen and oxygen atoms in total. The minimum atomic E-state index is -0.489. The van der Waals surface area contributed by atoms with Gasteiger partial charge in [0.2, 0.25) is 0 Å². The lowest BCUT2D eigenvalue weighted by Crippen LogP contribution is -2.43. The van der Waals surface area contributed by atoms with Crippen molar-refractivity contribution in [2.24, 2.45) is 11.7 Å². The van der Waals surface area contributed by atoms with E-state index >= 15 is 0 Å². The summed E-state index contributed by atoms with van der Waals surface area (Å²) in [5, 5.41) is 0. The summed E-state index contributed by atoms with van der Waals surface area (Å²) in [7, 11) is 0. The lowest BCUT2D eigenvalue weighted by molar-refractivity contribution is 0.0174. The van der Waals surface area contributed by atoms with Crippen molar-refractivity contribution in [3.63, 3.8) is 0 Å². The van der Waals surface area contributed by atoms with Crippen molar-refractivity contribution < 1.29 is 13.9 Å². The average Bonchev–Trinajstić information content (AvgIpc) is 2.45. The first-order valence-corrected chi connectivity index (χ1v) is 7.76. The number of nitrogens with two attached hydrogens (primary N) is 1. The summed E-state index contributed by atoms with van der Waals surface area (Å²) < 4.78 is 19.2. The van der Waals surface area contributed by atoms with Crippen molar-refractivity contribution in [2.45, 2.75) is 45.3 Å². The van der Waals surface area contributed by atoms with Crippen LogP contribution in [0.15, 0.2) is 24.3 Å². The highest BCUT2D eigenvalue weighted by atomic mass is 19.1. The van der Waals surface area contributed by atoms with Crippen LogP contribution < -0.4 is 5.73 Å². The van der Waals surface area contributed by atoms with Crippen LogP contribution in [0.2, 0.25) is 0 Å². The molecule has 1 heterocycles. The number of amides is 1. The number of benzene rings is 1. The second-order valence-electron chi connectivity index (χ2n) is 6.85. The highest BCUT2D eigenvalue weighted by Crippen LogP contribution is 2.30. The van der Waals surface area contributed by atoms with Crippen LogP contribution in [-0.2, 0) is 4.74 Å². The normalized spacial score (nSPS) is 18.1. The Morgan fingerprint density at radius 2 is 1.91 bits per heavy atom. The van der Waals surface area contributed by atoms with E-state index < -0.39 is 5.60 Å². The number of carbonyl (C=O) groups excluding carboxylic acids is 1. The summed E-state index contributed by atoms with van der Waals surface area (Å²) in [4.78, 5) is 13.7. The molecule has 0 aromatic heterocycles. The van der Waals surface area contributed by atoms with Gasteiger partial charge < -0.3 is 15.4 Å². The van der Waals surface area contributed by atoms with E-state index in [2.05, 4.69) is 0 Å². The molecule has 1 aromatic rings. The van der Waals surface area contributed by atoms with E-state index in [1.807, 2.05) is 20.8 Å². The molecular formula is C17H25FN2O2. The summed E-state index contributed by atoms with van der Waals surface area (Å²) in [6.45, 7) is 6.76. The number of ether oxygens (including phenoxy) is 1. The zero-order valence-corrected chi connectivity index (χ0v) is 13.5. The Morgan fingerprint density at radius 1 is 1.32 bits per heavy atom. The number of halogens is 1. The van der Waals surface area contributed by atoms with Gasteiger partial charge in [-0.25, -0.2) is 9.18 Å². The van der Waals surface area contributed by atoms with E-state index in [0.29, 0.717) is 18.7 Å². The van der Waals surface area contributed by atoms with E-state index in [0.717, 1.165) is 12.8 Å². The third-order valence-corrected chi connectivity index (χ3v) is 3.96. The maximum absolute atomic E-state index is 13.8. The molecule has 1 unspecified atom stereocenters. The number of carbonyl (C=O) groups is 1. The average molecular weight is 308 g/mol. The van der Waals surface area contributed by atoms with Gasteiger partial charge in [-0.2, -0.15) is 0 Å². The fourth-order valence-electron chi connectivity index (χ4n) is 2.77. The molecule has 22 heavy (non-hydrogen) atoms.